The summed E-state index contributed by atoms with van der Waals surface area (Å²) < 4.78 is 0. The molecule has 0 fully saturated rings. The molecule has 0 heterocycles. The van der Waals surface area contributed by atoms with Crippen LogP contribution in [0.2, 0.25) is 0 Å². The maximum Gasteiger partial charge on any atom is 0.328 e. The molecule has 0 bridgehead atoms. The molecule has 0 unspecified atom stereocenters. The van der Waals surface area contributed by atoms with Crippen molar-refractivity contribution < 1.29 is 9.90 Å². The summed E-state index contributed by atoms with van der Waals surface area (Å²) in [4.78, 5) is 10.7. The molecule has 0 spiro atoms. The first-order valence-corrected chi connectivity index (χ1v) is 7.65. The van der Waals surface area contributed by atoms with E-state index in [2.05, 4.69) is 45.0 Å². The molecule has 2 heteroatoms. The quantitative estimate of drug-likeness (QED) is 0.633. The monoisotopic (exact) mass is 306 g/mol. The van der Waals surface area contributed by atoms with Crippen molar-refractivity contribution in [1.29, 1.82) is 0 Å². The third-order valence-corrected chi connectivity index (χ3v) is 3.65. The maximum absolute atomic E-state index is 10.7. The van der Waals surface area contributed by atoms with Gasteiger partial charge in [-0.25, -0.2) is 4.79 Å². The van der Waals surface area contributed by atoms with Crippen molar-refractivity contribution in [3.8, 4) is 0 Å². The van der Waals surface area contributed by atoms with Crippen molar-refractivity contribution in [2.75, 3.05) is 0 Å². The van der Waals surface area contributed by atoms with Gasteiger partial charge < -0.3 is 5.11 Å². The number of rotatable bonds is 4. The van der Waals surface area contributed by atoms with E-state index in [1.165, 1.54) is 5.56 Å². The SMILES string of the molecule is CC(C)(C)c1ccc(/C(=C\C=C\C(=O)O)c2ccccc2)cc1. The minimum absolute atomic E-state index is 0.109. The lowest BCUT2D eigenvalue weighted by atomic mass is 9.85. The Morgan fingerprint density at radius 1 is 0.913 bits per heavy atom. The molecule has 0 atom stereocenters. The summed E-state index contributed by atoms with van der Waals surface area (Å²) in [6, 6.07) is 18.4. The predicted molar refractivity (Wildman–Crippen MR) is 95.4 cm³/mol. The zero-order valence-corrected chi connectivity index (χ0v) is 13.8. The second-order valence-corrected chi connectivity index (χ2v) is 6.47. The van der Waals surface area contributed by atoms with Crippen molar-refractivity contribution in [1.82, 2.24) is 0 Å². The Labute approximate surface area is 137 Å². The van der Waals surface area contributed by atoms with E-state index in [0.717, 1.165) is 22.8 Å². The molecule has 118 valence electrons. The van der Waals surface area contributed by atoms with Crippen molar-refractivity contribution in [3.05, 3.63) is 89.5 Å². The number of aliphatic carboxylic acids is 1. The van der Waals surface area contributed by atoms with Crippen LogP contribution in [-0.2, 0) is 10.2 Å². The highest BCUT2D eigenvalue weighted by molar-refractivity contribution is 5.84. The van der Waals surface area contributed by atoms with E-state index in [1.807, 2.05) is 36.4 Å². The largest absolute Gasteiger partial charge is 0.478 e. The lowest BCUT2D eigenvalue weighted by Gasteiger charge is -2.19. The summed E-state index contributed by atoms with van der Waals surface area (Å²) in [5.41, 5.74) is 4.52. The molecule has 0 aliphatic carbocycles. The van der Waals surface area contributed by atoms with Gasteiger partial charge in [0.05, 0.1) is 0 Å². The van der Waals surface area contributed by atoms with Gasteiger partial charge in [-0.1, -0.05) is 87.5 Å². The Morgan fingerprint density at radius 3 is 2.00 bits per heavy atom. The van der Waals surface area contributed by atoms with Crippen LogP contribution in [0.5, 0.6) is 0 Å². The van der Waals surface area contributed by atoms with Gasteiger partial charge in [-0.05, 0) is 27.7 Å². The molecule has 0 saturated heterocycles. The van der Waals surface area contributed by atoms with Crippen LogP contribution in [-0.4, -0.2) is 11.1 Å². The van der Waals surface area contributed by atoms with E-state index >= 15 is 0 Å². The van der Waals surface area contributed by atoms with E-state index < -0.39 is 5.97 Å². The summed E-state index contributed by atoms with van der Waals surface area (Å²) in [7, 11) is 0. The number of hydrogen-bond acceptors (Lipinski definition) is 1. The van der Waals surface area contributed by atoms with Crippen LogP contribution in [0.15, 0.2) is 72.8 Å². The lowest BCUT2D eigenvalue weighted by Crippen LogP contribution is -2.10. The Balaban J connectivity index is 2.44. The average molecular weight is 306 g/mol. The van der Waals surface area contributed by atoms with E-state index in [-0.39, 0.29) is 5.41 Å². The fourth-order valence-corrected chi connectivity index (χ4v) is 2.35. The van der Waals surface area contributed by atoms with Crippen molar-refractivity contribution in [2.24, 2.45) is 0 Å². The van der Waals surface area contributed by atoms with E-state index in [4.69, 9.17) is 5.11 Å². The molecule has 0 aromatic heterocycles. The molecule has 2 nitrogen and oxygen atoms in total. The first-order valence-electron chi connectivity index (χ1n) is 7.65. The molecular formula is C21H22O2. The molecule has 0 aliphatic rings. The summed E-state index contributed by atoms with van der Waals surface area (Å²) in [6.07, 6.45) is 4.56. The smallest absolute Gasteiger partial charge is 0.328 e. The highest BCUT2D eigenvalue weighted by Crippen LogP contribution is 2.27. The van der Waals surface area contributed by atoms with Crippen LogP contribution in [0, 0.1) is 0 Å². The Kier molecular flexibility index (Phi) is 5.17. The van der Waals surface area contributed by atoms with Crippen LogP contribution in [0.1, 0.15) is 37.5 Å². The van der Waals surface area contributed by atoms with Crippen LogP contribution >= 0.6 is 0 Å². The summed E-state index contributed by atoms with van der Waals surface area (Å²) in [5, 5.41) is 8.78. The van der Waals surface area contributed by atoms with Crippen LogP contribution in [0.4, 0.5) is 0 Å². The molecule has 23 heavy (non-hydrogen) atoms. The Hall–Kier alpha value is -2.61. The number of benzene rings is 2. The molecule has 0 saturated carbocycles. The number of carboxylic acid groups (broad SMARTS) is 1. The normalized spacial score (nSPS) is 12.6. The van der Waals surface area contributed by atoms with Crippen LogP contribution in [0.3, 0.4) is 0 Å². The summed E-state index contributed by atoms with van der Waals surface area (Å²) in [6.45, 7) is 6.56. The molecule has 0 radical (unpaired) electrons. The minimum atomic E-state index is -0.947. The highest BCUT2D eigenvalue weighted by Gasteiger charge is 2.13. The summed E-state index contributed by atoms with van der Waals surface area (Å²) >= 11 is 0. The van der Waals surface area contributed by atoms with Crippen molar-refractivity contribution in [2.45, 2.75) is 26.2 Å². The first-order chi connectivity index (χ1) is 10.9. The van der Waals surface area contributed by atoms with Gasteiger partial charge in [0.1, 0.15) is 0 Å². The van der Waals surface area contributed by atoms with Crippen molar-refractivity contribution in [3.63, 3.8) is 0 Å². The molecule has 2 aromatic rings. The minimum Gasteiger partial charge on any atom is -0.478 e. The fraction of sp³-hybridized carbons (Fsp3) is 0.190. The van der Waals surface area contributed by atoms with E-state index in [0.29, 0.717) is 0 Å². The zero-order chi connectivity index (χ0) is 16.9. The second kappa shape index (κ2) is 7.10. The Morgan fingerprint density at radius 2 is 1.48 bits per heavy atom. The molecule has 2 rings (SSSR count). The third-order valence-electron chi connectivity index (χ3n) is 3.65. The number of allylic oxidation sites excluding steroid dienone is 2. The van der Waals surface area contributed by atoms with Gasteiger partial charge in [-0.15, -0.1) is 0 Å². The Bertz CT molecular complexity index is 715. The molecule has 1 N–H and O–H groups in total. The van der Waals surface area contributed by atoms with Gasteiger partial charge in [0.2, 0.25) is 0 Å². The van der Waals surface area contributed by atoms with E-state index in [9.17, 15) is 4.79 Å². The second-order valence-electron chi connectivity index (χ2n) is 6.47. The number of carbonyl (C=O) groups is 1. The molecule has 0 amide bonds. The fourth-order valence-electron chi connectivity index (χ4n) is 2.35. The van der Waals surface area contributed by atoms with Gasteiger partial charge in [0.15, 0.2) is 0 Å². The van der Waals surface area contributed by atoms with Crippen molar-refractivity contribution >= 4 is 11.5 Å². The van der Waals surface area contributed by atoms with Gasteiger partial charge in [-0.3, -0.25) is 0 Å². The predicted octanol–water partition coefficient (Wildman–Crippen LogP) is 5.06. The zero-order valence-electron chi connectivity index (χ0n) is 13.8. The van der Waals surface area contributed by atoms with E-state index in [1.54, 1.807) is 6.08 Å². The van der Waals surface area contributed by atoms with Crippen LogP contribution in [0.25, 0.3) is 5.57 Å². The molecule has 2 aromatic carbocycles. The average Bonchev–Trinajstić information content (AvgIpc) is 2.51. The van der Waals surface area contributed by atoms with Crippen LogP contribution < -0.4 is 0 Å². The maximum atomic E-state index is 10.7. The van der Waals surface area contributed by atoms with Gasteiger partial charge in [0.25, 0.3) is 0 Å². The molecular weight excluding hydrogens is 284 g/mol. The van der Waals surface area contributed by atoms with Gasteiger partial charge in [0, 0.05) is 6.08 Å². The van der Waals surface area contributed by atoms with Gasteiger partial charge in [-0.2, -0.15) is 0 Å². The highest BCUT2D eigenvalue weighted by atomic mass is 16.4. The molecule has 0 aliphatic heterocycles. The topological polar surface area (TPSA) is 37.3 Å². The summed E-state index contributed by atoms with van der Waals surface area (Å²) in [5.74, 6) is -0.947. The standard InChI is InChI=1S/C21H22O2/c1-21(2,3)18-14-12-17(13-15-18)19(10-7-11-20(22)23)16-8-5-4-6-9-16/h4-15H,1-3H3,(H,22,23)/b11-7+,19-10-. The lowest BCUT2D eigenvalue weighted by molar-refractivity contribution is -0.131. The third kappa shape index (κ3) is 4.68. The first kappa shape index (κ1) is 16.8. The number of hydrogen-bond donors (Lipinski definition) is 1. The number of carboxylic acids is 1. The van der Waals surface area contributed by atoms with Gasteiger partial charge >= 0.3 is 5.97 Å².